The topological polar surface area (TPSA) is 61.8 Å². The van der Waals surface area contributed by atoms with Gasteiger partial charge in [-0.05, 0) is 12.8 Å². The molecule has 0 radical (unpaired) electrons. The number of hydrogen-bond acceptors (Lipinski definition) is 5. The van der Waals surface area contributed by atoms with Crippen LogP contribution in [0.4, 0.5) is 0 Å². The van der Waals surface area contributed by atoms with Gasteiger partial charge in [0.1, 0.15) is 13.2 Å². The maximum atomic E-state index is 11.4. The van der Waals surface area contributed by atoms with E-state index in [1.807, 2.05) is 0 Å². The Morgan fingerprint density at radius 3 is 1.57 bits per heavy atom. The van der Waals surface area contributed by atoms with Crippen molar-refractivity contribution >= 4 is 11.9 Å². The lowest BCUT2D eigenvalue weighted by Crippen LogP contribution is -2.14. The molecule has 0 saturated heterocycles. The third kappa shape index (κ3) is 17.1. The van der Waals surface area contributed by atoms with E-state index >= 15 is 0 Å². The second kappa shape index (κ2) is 17.3. The molecule has 0 aliphatic carbocycles. The number of carbonyl (C=O) groups excluding carboxylic acids is 2. The minimum absolute atomic E-state index is 0.160. The maximum absolute atomic E-state index is 11.4. The summed E-state index contributed by atoms with van der Waals surface area (Å²) in [6, 6.07) is 0. The largest absolute Gasteiger partial charge is 0.463 e. The first-order valence-electron chi connectivity index (χ1n) is 9.09. The SMILES string of the molecule is CCCCCCCC(=O)OCCOCCOC(=O)CCCCC. The molecule has 5 nitrogen and oxygen atoms in total. The number of esters is 2. The second-order valence-electron chi connectivity index (χ2n) is 5.67. The molecule has 136 valence electrons. The Labute approximate surface area is 141 Å². The molecule has 0 rings (SSSR count). The van der Waals surface area contributed by atoms with Crippen LogP contribution in [0.25, 0.3) is 0 Å². The molecule has 0 spiro atoms. The van der Waals surface area contributed by atoms with E-state index in [9.17, 15) is 9.59 Å². The molecule has 0 aliphatic rings. The molecular formula is C18H34O5. The number of rotatable bonds is 16. The Morgan fingerprint density at radius 2 is 1.04 bits per heavy atom. The van der Waals surface area contributed by atoms with E-state index in [4.69, 9.17) is 14.2 Å². The van der Waals surface area contributed by atoms with Crippen molar-refractivity contribution in [1.82, 2.24) is 0 Å². The van der Waals surface area contributed by atoms with Crippen LogP contribution in [0, 0.1) is 0 Å². The molecule has 23 heavy (non-hydrogen) atoms. The quantitative estimate of drug-likeness (QED) is 0.316. The summed E-state index contributed by atoms with van der Waals surface area (Å²) in [6.07, 6.45) is 9.58. The highest BCUT2D eigenvalue weighted by molar-refractivity contribution is 5.69. The van der Waals surface area contributed by atoms with Crippen molar-refractivity contribution in [2.45, 2.75) is 78.1 Å². The zero-order valence-electron chi connectivity index (χ0n) is 14.9. The summed E-state index contributed by atoms with van der Waals surface area (Å²) in [5.41, 5.74) is 0. The zero-order valence-corrected chi connectivity index (χ0v) is 14.9. The number of ether oxygens (including phenoxy) is 3. The van der Waals surface area contributed by atoms with Crippen LogP contribution in [-0.4, -0.2) is 38.4 Å². The van der Waals surface area contributed by atoms with Crippen LogP contribution in [0.1, 0.15) is 78.1 Å². The molecule has 0 aliphatic heterocycles. The molecule has 0 N–H and O–H groups in total. The fourth-order valence-corrected chi connectivity index (χ4v) is 2.07. The van der Waals surface area contributed by atoms with Gasteiger partial charge in [-0.15, -0.1) is 0 Å². The molecule has 0 aromatic rings. The normalized spacial score (nSPS) is 10.5. The van der Waals surface area contributed by atoms with Gasteiger partial charge < -0.3 is 14.2 Å². The van der Waals surface area contributed by atoms with Crippen molar-refractivity contribution in [3.8, 4) is 0 Å². The lowest BCUT2D eigenvalue weighted by Gasteiger charge is -2.07. The van der Waals surface area contributed by atoms with Crippen molar-refractivity contribution in [3.05, 3.63) is 0 Å². The first kappa shape index (κ1) is 21.9. The third-order valence-corrected chi connectivity index (χ3v) is 3.45. The molecule has 0 amide bonds. The van der Waals surface area contributed by atoms with Gasteiger partial charge in [-0.25, -0.2) is 0 Å². The van der Waals surface area contributed by atoms with E-state index < -0.39 is 0 Å². The van der Waals surface area contributed by atoms with Crippen molar-refractivity contribution in [1.29, 1.82) is 0 Å². The summed E-state index contributed by atoms with van der Waals surface area (Å²) in [6.45, 7) is 5.47. The maximum Gasteiger partial charge on any atom is 0.305 e. The average Bonchev–Trinajstić information content (AvgIpc) is 2.54. The van der Waals surface area contributed by atoms with Gasteiger partial charge in [-0.1, -0.05) is 52.4 Å². The van der Waals surface area contributed by atoms with E-state index in [0.717, 1.165) is 32.1 Å². The zero-order chi connectivity index (χ0) is 17.2. The summed E-state index contributed by atoms with van der Waals surface area (Å²) in [4.78, 5) is 22.7. The van der Waals surface area contributed by atoms with Crippen molar-refractivity contribution in [2.75, 3.05) is 26.4 Å². The van der Waals surface area contributed by atoms with E-state index in [2.05, 4.69) is 13.8 Å². The van der Waals surface area contributed by atoms with Gasteiger partial charge in [-0.2, -0.15) is 0 Å². The summed E-state index contributed by atoms with van der Waals surface area (Å²) in [7, 11) is 0. The van der Waals surface area contributed by atoms with Crippen LogP contribution in [-0.2, 0) is 23.8 Å². The van der Waals surface area contributed by atoms with E-state index in [1.165, 1.54) is 19.3 Å². The van der Waals surface area contributed by atoms with Gasteiger partial charge in [0.15, 0.2) is 0 Å². The molecule has 0 fully saturated rings. The van der Waals surface area contributed by atoms with Crippen LogP contribution in [0.3, 0.4) is 0 Å². The Morgan fingerprint density at radius 1 is 0.609 bits per heavy atom. The third-order valence-electron chi connectivity index (χ3n) is 3.45. The standard InChI is InChI=1S/C18H34O5/c1-3-5-7-8-10-12-18(20)23-16-14-21-13-15-22-17(19)11-9-6-4-2/h3-16H2,1-2H3. The van der Waals surface area contributed by atoms with Crippen LogP contribution in [0.5, 0.6) is 0 Å². The fraction of sp³-hybridized carbons (Fsp3) is 0.889. The van der Waals surface area contributed by atoms with Gasteiger partial charge in [-0.3, -0.25) is 9.59 Å². The van der Waals surface area contributed by atoms with Crippen molar-refractivity contribution in [2.24, 2.45) is 0 Å². The molecule has 0 aromatic carbocycles. The van der Waals surface area contributed by atoms with Gasteiger partial charge in [0.25, 0.3) is 0 Å². The number of hydrogen-bond donors (Lipinski definition) is 0. The molecule has 0 bridgehead atoms. The summed E-state index contributed by atoms with van der Waals surface area (Å²) in [5, 5.41) is 0. The summed E-state index contributed by atoms with van der Waals surface area (Å²) >= 11 is 0. The van der Waals surface area contributed by atoms with Crippen molar-refractivity contribution < 1.29 is 23.8 Å². The van der Waals surface area contributed by atoms with Gasteiger partial charge in [0.05, 0.1) is 13.2 Å². The molecule has 0 saturated carbocycles. The number of unbranched alkanes of at least 4 members (excludes halogenated alkanes) is 6. The summed E-state index contributed by atoms with van der Waals surface area (Å²) < 4.78 is 15.4. The monoisotopic (exact) mass is 330 g/mol. The van der Waals surface area contributed by atoms with Gasteiger partial charge in [0.2, 0.25) is 0 Å². The highest BCUT2D eigenvalue weighted by Gasteiger charge is 2.03. The Kier molecular flexibility index (Phi) is 16.4. The summed E-state index contributed by atoms with van der Waals surface area (Å²) in [5.74, 6) is -0.330. The van der Waals surface area contributed by atoms with E-state index in [0.29, 0.717) is 26.1 Å². The highest BCUT2D eigenvalue weighted by atomic mass is 16.6. The molecule has 0 unspecified atom stereocenters. The molecule has 0 atom stereocenters. The second-order valence-corrected chi connectivity index (χ2v) is 5.67. The average molecular weight is 330 g/mol. The van der Waals surface area contributed by atoms with Crippen LogP contribution in [0.15, 0.2) is 0 Å². The molecule has 0 heterocycles. The van der Waals surface area contributed by atoms with E-state index in [-0.39, 0.29) is 25.2 Å². The first-order chi connectivity index (χ1) is 11.2. The molecular weight excluding hydrogens is 296 g/mol. The smallest absolute Gasteiger partial charge is 0.305 e. The highest BCUT2D eigenvalue weighted by Crippen LogP contribution is 2.05. The minimum Gasteiger partial charge on any atom is -0.463 e. The predicted molar refractivity (Wildman–Crippen MR) is 90.3 cm³/mol. The van der Waals surface area contributed by atoms with Gasteiger partial charge in [0, 0.05) is 12.8 Å². The fourth-order valence-electron chi connectivity index (χ4n) is 2.07. The van der Waals surface area contributed by atoms with Crippen molar-refractivity contribution in [3.63, 3.8) is 0 Å². The van der Waals surface area contributed by atoms with E-state index in [1.54, 1.807) is 0 Å². The minimum atomic E-state index is -0.170. The van der Waals surface area contributed by atoms with Gasteiger partial charge >= 0.3 is 11.9 Å². The number of carbonyl (C=O) groups is 2. The van der Waals surface area contributed by atoms with Crippen LogP contribution < -0.4 is 0 Å². The lowest BCUT2D eigenvalue weighted by atomic mass is 10.1. The Balaban J connectivity index is 3.25. The molecule has 5 heteroatoms. The predicted octanol–water partition coefficient (Wildman–Crippen LogP) is 4.03. The lowest BCUT2D eigenvalue weighted by molar-refractivity contribution is -0.146. The van der Waals surface area contributed by atoms with Crippen LogP contribution in [0.2, 0.25) is 0 Å². The van der Waals surface area contributed by atoms with Crippen LogP contribution >= 0.6 is 0 Å². The first-order valence-corrected chi connectivity index (χ1v) is 9.09. The molecule has 0 aromatic heterocycles. The Bertz CT molecular complexity index is 291. The Hall–Kier alpha value is -1.10.